The van der Waals surface area contributed by atoms with Crippen LogP contribution >= 0.6 is 11.3 Å². The van der Waals surface area contributed by atoms with Gasteiger partial charge in [-0.25, -0.2) is 13.1 Å². The maximum atomic E-state index is 13.1. The Labute approximate surface area is 154 Å². The van der Waals surface area contributed by atoms with E-state index in [0.717, 1.165) is 31.6 Å². The first-order chi connectivity index (χ1) is 12.3. The number of nitrogens with one attached hydrogen (secondary N) is 1. The molecule has 2 heterocycles. The van der Waals surface area contributed by atoms with E-state index in [-0.39, 0.29) is 0 Å². The Bertz CT molecular complexity index is 836. The number of hydrogen-bond donors (Lipinski definition) is 1. The summed E-state index contributed by atoms with van der Waals surface area (Å²) >= 11 is 1.63. The summed E-state index contributed by atoms with van der Waals surface area (Å²) in [6.07, 6.45) is -3.32. The van der Waals surface area contributed by atoms with E-state index in [1.807, 2.05) is 17.5 Å². The summed E-state index contributed by atoms with van der Waals surface area (Å²) in [7, 11) is -4.25. The van der Waals surface area contributed by atoms with Crippen molar-refractivity contribution in [3.63, 3.8) is 0 Å². The van der Waals surface area contributed by atoms with Crippen LogP contribution in [0.1, 0.15) is 23.3 Å². The SMILES string of the molecule is O=S(=O)(N[C@H]1CCCN(Cc2cccs2)C1)c1ccccc1C(F)(F)F. The third-order valence-corrected chi connectivity index (χ3v) is 6.71. The highest BCUT2D eigenvalue weighted by molar-refractivity contribution is 7.89. The Hall–Kier alpha value is -1.42. The van der Waals surface area contributed by atoms with Crippen molar-refractivity contribution >= 4 is 21.4 Å². The number of rotatable bonds is 5. The van der Waals surface area contributed by atoms with Crippen LogP contribution in [0.25, 0.3) is 0 Å². The first-order valence-corrected chi connectivity index (χ1v) is 10.6. The average molecular weight is 404 g/mol. The first kappa shape index (κ1) is 19.3. The zero-order chi connectivity index (χ0) is 18.8. The Balaban J connectivity index is 1.73. The van der Waals surface area contributed by atoms with E-state index in [4.69, 9.17) is 0 Å². The van der Waals surface area contributed by atoms with Gasteiger partial charge in [0.25, 0.3) is 0 Å². The van der Waals surface area contributed by atoms with Gasteiger partial charge in [0.05, 0.1) is 10.5 Å². The highest BCUT2D eigenvalue weighted by Gasteiger charge is 2.37. The van der Waals surface area contributed by atoms with Gasteiger partial charge >= 0.3 is 6.18 Å². The number of nitrogens with zero attached hydrogens (tertiary/aromatic N) is 1. The van der Waals surface area contributed by atoms with Crippen LogP contribution in [0, 0.1) is 0 Å². The first-order valence-electron chi connectivity index (χ1n) is 8.19. The van der Waals surface area contributed by atoms with Crippen LogP contribution < -0.4 is 4.72 Å². The average Bonchev–Trinajstić information content (AvgIpc) is 3.07. The van der Waals surface area contributed by atoms with Crippen molar-refractivity contribution in [1.82, 2.24) is 9.62 Å². The van der Waals surface area contributed by atoms with Gasteiger partial charge in [0.15, 0.2) is 0 Å². The summed E-state index contributed by atoms with van der Waals surface area (Å²) in [4.78, 5) is 2.58. The van der Waals surface area contributed by atoms with E-state index in [2.05, 4.69) is 9.62 Å². The normalized spacial score (nSPS) is 19.6. The molecule has 0 radical (unpaired) electrons. The van der Waals surface area contributed by atoms with Gasteiger partial charge in [-0.1, -0.05) is 18.2 Å². The van der Waals surface area contributed by atoms with Gasteiger partial charge in [0, 0.05) is 24.0 Å². The summed E-state index contributed by atoms with van der Waals surface area (Å²) < 4.78 is 67.0. The zero-order valence-electron chi connectivity index (χ0n) is 13.9. The molecule has 0 bridgehead atoms. The summed E-state index contributed by atoms with van der Waals surface area (Å²) in [6.45, 7) is 2.04. The number of thiophene rings is 1. The highest BCUT2D eigenvalue weighted by atomic mass is 32.2. The molecule has 1 aromatic heterocycles. The van der Waals surface area contributed by atoms with Gasteiger partial charge in [-0.3, -0.25) is 4.90 Å². The van der Waals surface area contributed by atoms with E-state index in [1.54, 1.807) is 11.3 Å². The molecule has 1 atom stereocenters. The van der Waals surface area contributed by atoms with Gasteiger partial charge in [-0.15, -0.1) is 11.3 Å². The molecule has 142 valence electrons. The van der Waals surface area contributed by atoms with Gasteiger partial charge in [-0.05, 0) is 43.0 Å². The Kier molecular flexibility index (Phi) is 5.71. The second-order valence-electron chi connectivity index (χ2n) is 6.27. The minimum Gasteiger partial charge on any atom is -0.297 e. The number of benzene rings is 1. The zero-order valence-corrected chi connectivity index (χ0v) is 15.5. The van der Waals surface area contributed by atoms with Crippen molar-refractivity contribution in [3.8, 4) is 0 Å². The topological polar surface area (TPSA) is 49.4 Å². The molecule has 3 rings (SSSR count). The van der Waals surface area contributed by atoms with Gasteiger partial charge in [0.2, 0.25) is 10.0 Å². The second-order valence-corrected chi connectivity index (χ2v) is 8.98. The van der Waals surface area contributed by atoms with Crippen molar-refractivity contribution in [3.05, 3.63) is 52.2 Å². The third-order valence-electron chi connectivity index (χ3n) is 4.27. The molecule has 1 aromatic carbocycles. The van der Waals surface area contributed by atoms with Gasteiger partial charge in [0.1, 0.15) is 0 Å². The number of halogens is 3. The fourth-order valence-corrected chi connectivity index (χ4v) is 5.37. The number of sulfonamides is 1. The maximum absolute atomic E-state index is 13.1. The fraction of sp³-hybridized carbons (Fsp3) is 0.412. The molecule has 4 nitrogen and oxygen atoms in total. The molecule has 1 saturated heterocycles. The number of piperidine rings is 1. The molecule has 1 aliphatic rings. The molecule has 1 fully saturated rings. The number of alkyl halides is 3. The fourth-order valence-electron chi connectivity index (χ4n) is 3.14. The lowest BCUT2D eigenvalue weighted by molar-refractivity contribution is -0.139. The van der Waals surface area contributed by atoms with Crippen LogP contribution in [0.4, 0.5) is 13.2 Å². The van der Waals surface area contributed by atoms with Crippen LogP contribution in [0.5, 0.6) is 0 Å². The van der Waals surface area contributed by atoms with Crippen molar-refractivity contribution in [2.75, 3.05) is 13.1 Å². The summed E-state index contributed by atoms with van der Waals surface area (Å²) in [5, 5.41) is 1.98. The van der Waals surface area contributed by atoms with Crippen LogP contribution in [0.3, 0.4) is 0 Å². The molecular formula is C17H19F3N2O2S2. The molecule has 0 saturated carbocycles. The predicted molar refractivity (Wildman–Crippen MR) is 94.4 cm³/mol. The van der Waals surface area contributed by atoms with Crippen molar-refractivity contribution in [2.24, 2.45) is 0 Å². The van der Waals surface area contributed by atoms with Crippen molar-refractivity contribution < 1.29 is 21.6 Å². The van der Waals surface area contributed by atoms with E-state index < -0.39 is 32.7 Å². The minimum atomic E-state index is -4.72. The lowest BCUT2D eigenvalue weighted by atomic mass is 10.1. The smallest absolute Gasteiger partial charge is 0.297 e. The second kappa shape index (κ2) is 7.67. The maximum Gasteiger partial charge on any atom is 0.417 e. The largest absolute Gasteiger partial charge is 0.417 e. The summed E-state index contributed by atoms with van der Waals surface area (Å²) in [5.41, 5.74) is -1.14. The van der Waals surface area contributed by atoms with Gasteiger partial charge < -0.3 is 0 Å². The monoisotopic (exact) mass is 404 g/mol. The summed E-state index contributed by atoms with van der Waals surface area (Å²) in [6, 6.07) is 7.83. The van der Waals surface area contributed by atoms with Crippen LogP contribution in [-0.4, -0.2) is 32.4 Å². The summed E-state index contributed by atoms with van der Waals surface area (Å²) in [5.74, 6) is 0. The Morgan fingerprint density at radius 1 is 1.19 bits per heavy atom. The molecule has 0 unspecified atom stereocenters. The molecule has 1 N–H and O–H groups in total. The van der Waals surface area contributed by atoms with E-state index in [9.17, 15) is 21.6 Å². The van der Waals surface area contributed by atoms with E-state index in [1.165, 1.54) is 17.0 Å². The lowest BCUT2D eigenvalue weighted by Gasteiger charge is -2.32. The quantitative estimate of drug-likeness (QED) is 0.827. The molecule has 0 spiro atoms. The number of likely N-dealkylation sites (tertiary alicyclic amines) is 1. The molecule has 26 heavy (non-hydrogen) atoms. The van der Waals surface area contributed by atoms with Gasteiger partial charge in [-0.2, -0.15) is 13.2 Å². The molecular weight excluding hydrogens is 385 g/mol. The van der Waals surface area contributed by atoms with Crippen LogP contribution in [0.15, 0.2) is 46.7 Å². The molecule has 0 aliphatic carbocycles. The standard InChI is InChI=1S/C17H19F3N2O2S2/c18-17(19,20)15-7-1-2-8-16(15)26(23,24)21-13-5-3-9-22(11-13)12-14-6-4-10-25-14/h1-2,4,6-8,10,13,21H,3,5,9,11-12H2/t13-/m0/s1. The third kappa shape index (κ3) is 4.64. The Morgan fingerprint density at radius 3 is 2.65 bits per heavy atom. The molecule has 9 heteroatoms. The van der Waals surface area contributed by atoms with Crippen LogP contribution in [0.2, 0.25) is 0 Å². The highest BCUT2D eigenvalue weighted by Crippen LogP contribution is 2.34. The minimum absolute atomic E-state index is 0.407. The van der Waals surface area contributed by atoms with Crippen molar-refractivity contribution in [2.45, 2.75) is 36.5 Å². The number of hydrogen-bond acceptors (Lipinski definition) is 4. The predicted octanol–water partition coefficient (Wildman–Crippen LogP) is 3.71. The van der Waals surface area contributed by atoms with E-state index in [0.29, 0.717) is 13.0 Å². The molecule has 0 amide bonds. The lowest BCUT2D eigenvalue weighted by Crippen LogP contribution is -2.47. The molecule has 2 aromatic rings. The Morgan fingerprint density at radius 2 is 1.96 bits per heavy atom. The van der Waals surface area contributed by atoms with Crippen LogP contribution in [-0.2, 0) is 22.7 Å². The van der Waals surface area contributed by atoms with Crippen molar-refractivity contribution in [1.29, 1.82) is 0 Å². The molecule has 1 aliphatic heterocycles. The van der Waals surface area contributed by atoms with E-state index >= 15 is 0 Å².